The minimum absolute atomic E-state index is 0.160. The van der Waals surface area contributed by atoms with Gasteiger partial charge in [0.25, 0.3) is 0 Å². The summed E-state index contributed by atoms with van der Waals surface area (Å²) in [5.74, 6) is 0.160. The molecule has 1 rings (SSSR count). The molecule has 1 aromatic rings. The zero-order chi connectivity index (χ0) is 12.1. The number of ether oxygens (including phenoxy) is 1. The number of benzene rings is 1. The fourth-order valence-electron chi connectivity index (χ4n) is 1.59. The lowest BCUT2D eigenvalue weighted by molar-refractivity contribution is -0.0498. The predicted molar refractivity (Wildman–Crippen MR) is 62.6 cm³/mol. The molecule has 0 fully saturated rings. The normalized spacial score (nSPS) is 10.2. The van der Waals surface area contributed by atoms with Gasteiger partial charge in [-0.15, -0.1) is 0 Å². The molecule has 0 aliphatic carbocycles. The Hall–Kier alpha value is -1.64. The standard InChI is InChI=1S/C13H14F2O/c1-4-9-7-11(16-13(14)15)8-10(5-2)12(9)6-3/h4,6-8,13H,1,3,5H2,2H3. The lowest BCUT2D eigenvalue weighted by atomic mass is 9.98. The van der Waals surface area contributed by atoms with Crippen LogP contribution in [0.2, 0.25) is 0 Å². The quantitative estimate of drug-likeness (QED) is 0.730. The average molecular weight is 224 g/mol. The van der Waals surface area contributed by atoms with E-state index in [4.69, 9.17) is 0 Å². The topological polar surface area (TPSA) is 9.23 Å². The molecule has 1 nitrogen and oxygen atoms in total. The van der Waals surface area contributed by atoms with Crippen molar-refractivity contribution in [3.63, 3.8) is 0 Å². The van der Waals surface area contributed by atoms with Crippen LogP contribution in [0.15, 0.2) is 25.3 Å². The number of hydrogen-bond donors (Lipinski definition) is 0. The van der Waals surface area contributed by atoms with Gasteiger partial charge in [-0.3, -0.25) is 0 Å². The highest BCUT2D eigenvalue weighted by atomic mass is 19.3. The lowest BCUT2D eigenvalue weighted by Crippen LogP contribution is -2.03. The number of aryl methyl sites for hydroxylation is 1. The maximum absolute atomic E-state index is 12.1. The van der Waals surface area contributed by atoms with Gasteiger partial charge in [-0.2, -0.15) is 8.78 Å². The summed E-state index contributed by atoms with van der Waals surface area (Å²) in [4.78, 5) is 0. The number of alkyl halides is 2. The average Bonchev–Trinajstić information content (AvgIpc) is 2.26. The molecule has 0 amide bonds. The molecule has 0 radical (unpaired) electrons. The Morgan fingerprint density at radius 1 is 1.31 bits per heavy atom. The largest absolute Gasteiger partial charge is 0.435 e. The van der Waals surface area contributed by atoms with E-state index in [0.717, 1.165) is 23.1 Å². The van der Waals surface area contributed by atoms with Crippen molar-refractivity contribution < 1.29 is 13.5 Å². The molecule has 86 valence electrons. The van der Waals surface area contributed by atoms with Gasteiger partial charge >= 0.3 is 6.61 Å². The van der Waals surface area contributed by atoms with Crippen molar-refractivity contribution in [2.45, 2.75) is 20.0 Å². The van der Waals surface area contributed by atoms with Crippen LogP contribution in [-0.2, 0) is 6.42 Å². The third-order valence-electron chi connectivity index (χ3n) is 2.30. The minimum atomic E-state index is -2.81. The summed E-state index contributed by atoms with van der Waals surface area (Å²) in [5.41, 5.74) is 2.59. The van der Waals surface area contributed by atoms with E-state index >= 15 is 0 Å². The van der Waals surface area contributed by atoms with Crippen LogP contribution < -0.4 is 4.74 Å². The Kier molecular flexibility index (Phi) is 4.23. The molecule has 0 aliphatic rings. The molecule has 0 spiro atoms. The van der Waals surface area contributed by atoms with Gasteiger partial charge in [0.2, 0.25) is 0 Å². The molecular weight excluding hydrogens is 210 g/mol. The molecule has 0 saturated carbocycles. The second-order valence-electron chi connectivity index (χ2n) is 3.23. The molecule has 0 aromatic heterocycles. The van der Waals surface area contributed by atoms with Crippen LogP contribution in [0, 0.1) is 0 Å². The zero-order valence-corrected chi connectivity index (χ0v) is 9.17. The second kappa shape index (κ2) is 5.45. The summed E-state index contributed by atoms with van der Waals surface area (Å²) in [6, 6.07) is 3.14. The highest BCUT2D eigenvalue weighted by molar-refractivity contribution is 5.68. The first-order valence-electron chi connectivity index (χ1n) is 4.99. The molecule has 0 atom stereocenters. The third-order valence-corrected chi connectivity index (χ3v) is 2.30. The van der Waals surface area contributed by atoms with Crippen LogP contribution in [0.5, 0.6) is 5.75 Å². The third kappa shape index (κ3) is 2.69. The van der Waals surface area contributed by atoms with E-state index in [-0.39, 0.29) is 5.75 Å². The van der Waals surface area contributed by atoms with Crippen molar-refractivity contribution in [1.82, 2.24) is 0 Å². The van der Waals surface area contributed by atoms with Gasteiger partial charge in [0, 0.05) is 0 Å². The first-order valence-corrected chi connectivity index (χ1v) is 4.99. The molecule has 1 aromatic carbocycles. The Bertz CT molecular complexity index is 397. The molecule has 0 heterocycles. The van der Waals surface area contributed by atoms with Crippen molar-refractivity contribution in [3.8, 4) is 5.75 Å². The molecule has 0 unspecified atom stereocenters. The van der Waals surface area contributed by atoms with Crippen LogP contribution in [0.3, 0.4) is 0 Å². The molecule has 16 heavy (non-hydrogen) atoms. The molecular formula is C13H14F2O. The van der Waals surface area contributed by atoms with Crippen molar-refractivity contribution >= 4 is 12.2 Å². The SMILES string of the molecule is C=Cc1cc(OC(F)F)cc(CC)c1C=C. The number of halogens is 2. The molecule has 0 saturated heterocycles. The Morgan fingerprint density at radius 2 is 2.00 bits per heavy atom. The van der Waals surface area contributed by atoms with Gasteiger partial charge in [0.05, 0.1) is 0 Å². The van der Waals surface area contributed by atoms with Gasteiger partial charge < -0.3 is 4.74 Å². The summed E-state index contributed by atoms with van der Waals surface area (Å²) in [6.07, 6.45) is 4.03. The highest BCUT2D eigenvalue weighted by Gasteiger charge is 2.09. The van der Waals surface area contributed by atoms with Crippen LogP contribution in [0.4, 0.5) is 8.78 Å². The fraction of sp³-hybridized carbons (Fsp3) is 0.231. The highest BCUT2D eigenvalue weighted by Crippen LogP contribution is 2.26. The summed E-state index contributed by atoms with van der Waals surface area (Å²) < 4.78 is 28.6. The molecule has 0 aliphatic heterocycles. The zero-order valence-electron chi connectivity index (χ0n) is 9.17. The van der Waals surface area contributed by atoms with Crippen LogP contribution >= 0.6 is 0 Å². The minimum Gasteiger partial charge on any atom is -0.435 e. The Labute approximate surface area is 94.1 Å². The van der Waals surface area contributed by atoms with Crippen molar-refractivity contribution in [3.05, 3.63) is 42.0 Å². The summed E-state index contributed by atoms with van der Waals surface area (Å²) >= 11 is 0. The van der Waals surface area contributed by atoms with Crippen LogP contribution in [0.25, 0.3) is 12.2 Å². The van der Waals surface area contributed by atoms with Crippen LogP contribution in [-0.4, -0.2) is 6.61 Å². The smallest absolute Gasteiger partial charge is 0.387 e. The van der Waals surface area contributed by atoms with Gasteiger partial charge in [0.15, 0.2) is 0 Å². The number of rotatable bonds is 5. The van der Waals surface area contributed by atoms with E-state index in [1.54, 1.807) is 18.2 Å². The Balaban J connectivity index is 3.25. The molecule has 0 N–H and O–H groups in total. The van der Waals surface area contributed by atoms with Crippen molar-refractivity contribution in [2.24, 2.45) is 0 Å². The summed E-state index contributed by atoms with van der Waals surface area (Å²) in [7, 11) is 0. The van der Waals surface area contributed by atoms with E-state index < -0.39 is 6.61 Å². The maximum atomic E-state index is 12.1. The molecule has 3 heteroatoms. The van der Waals surface area contributed by atoms with E-state index in [1.165, 1.54) is 6.07 Å². The summed E-state index contributed by atoms with van der Waals surface area (Å²) in [6.45, 7) is 6.48. The monoisotopic (exact) mass is 224 g/mol. The van der Waals surface area contributed by atoms with E-state index in [9.17, 15) is 8.78 Å². The van der Waals surface area contributed by atoms with E-state index in [0.29, 0.717) is 0 Å². The number of hydrogen-bond acceptors (Lipinski definition) is 1. The molecule has 0 bridgehead atoms. The van der Waals surface area contributed by atoms with Gasteiger partial charge in [0.1, 0.15) is 5.75 Å². The lowest BCUT2D eigenvalue weighted by Gasteiger charge is -2.12. The first-order chi connectivity index (χ1) is 7.62. The fourth-order valence-corrected chi connectivity index (χ4v) is 1.59. The maximum Gasteiger partial charge on any atom is 0.387 e. The van der Waals surface area contributed by atoms with E-state index in [2.05, 4.69) is 17.9 Å². The van der Waals surface area contributed by atoms with Crippen LogP contribution in [0.1, 0.15) is 23.6 Å². The van der Waals surface area contributed by atoms with Gasteiger partial charge in [-0.25, -0.2) is 0 Å². The van der Waals surface area contributed by atoms with E-state index in [1.807, 2.05) is 6.92 Å². The van der Waals surface area contributed by atoms with Crippen molar-refractivity contribution in [1.29, 1.82) is 0 Å². The second-order valence-corrected chi connectivity index (χ2v) is 3.23. The Morgan fingerprint density at radius 3 is 2.44 bits per heavy atom. The predicted octanol–water partition coefficient (Wildman–Crippen LogP) is 4.14. The summed E-state index contributed by atoms with van der Waals surface area (Å²) in [5, 5.41) is 0. The van der Waals surface area contributed by atoms with Gasteiger partial charge in [-0.1, -0.05) is 32.2 Å². The van der Waals surface area contributed by atoms with Crippen molar-refractivity contribution in [2.75, 3.05) is 0 Å². The van der Waals surface area contributed by atoms with Gasteiger partial charge in [-0.05, 0) is 35.2 Å². The first kappa shape index (κ1) is 12.4.